The molecule has 108 valence electrons. The van der Waals surface area contributed by atoms with Gasteiger partial charge in [-0.3, -0.25) is 4.90 Å². The van der Waals surface area contributed by atoms with Crippen LogP contribution in [0.3, 0.4) is 0 Å². The van der Waals surface area contributed by atoms with Crippen molar-refractivity contribution < 1.29 is 4.74 Å². The molecule has 4 rings (SSSR count). The summed E-state index contributed by atoms with van der Waals surface area (Å²) in [5.74, 6) is 1.47. The summed E-state index contributed by atoms with van der Waals surface area (Å²) in [6.45, 7) is 2.34. The number of hydrogen-bond acceptors (Lipinski definition) is 2. The second-order valence-corrected chi connectivity index (χ2v) is 6.08. The highest BCUT2D eigenvalue weighted by molar-refractivity contribution is 5.50. The highest BCUT2D eigenvalue weighted by Crippen LogP contribution is 2.47. The minimum absolute atomic E-state index is 0.423. The molecule has 0 radical (unpaired) electrons. The number of ether oxygens (including phenoxy) is 1. The molecule has 0 aromatic heterocycles. The second-order valence-electron chi connectivity index (χ2n) is 6.08. The summed E-state index contributed by atoms with van der Waals surface area (Å²) in [6, 6.07) is 18.0. The average Bonchev–Trinajstić information content (AvgIpc) is 3.03. The van der Waals surface area contributed by atoms with Crippen molar-refractivity contribution in [2.24, 2.45) is 0 Å². The first-order valence-corrected chi connectivity index (χ1v) is 7.84. The fourth-order valence-corrected chi connectivity index (χ4v) is 4.08. The maximum Gasteiger partial charge on any atom is 0.123 e. The quantitative estimate of drug-likeness (QED) is 0.824. The van der Waals surface area contributed by atoms with Crippen LogP contribution in [-0.4, -0.2) is 25.1 Å². The van der Waals surface area contributed by atoms with Crippen LogP contribution in [-0.2, 0) is 0 Å². The van der Waals surface area contributed by atoms with Gasteiger partial charge < -0.3 is 4.74 Å². The molecule has 0 saturated carbocycles. The van der Waals surface area contributed by atoms with Gasteiger partial charge in [0.05, 0.1) is 7.11 Å². The molecule has 2 heteroatoms. The Labute approximate surface area is 126 Å². The molecular formula is C19H21NO. The van der Waals surface area contributed by atoms with Crippen molar-refractivity contribution in [1.82, 2.24) is 4.90 Å². The van der Waals surface area contributed by atoms with E-state index in [2.05, 4.69) is 53.4 Å². The van der Waals surface area contributed by atoms with Crippen molar-refractivity contribution in [3.05, 3.63) is 65.2 Å². The summed E-state index contributed by atoms with van der Waals surface area (Å²) in [5.41, 5.74) is 4.29. The topological polar surface area (TPSA) is 12.5 Å². The summed E-state index contributed by atoms with van der Waals surface area (Å²) in [5, 5.41) is 0. The summed E-state index contributed by atoms with van der Waals surface area (Å²) in [6.07, 6.45) is 2.59. The lowest BCUT2D eigenvalue weighted by molar-refractivity contribution is 0.227. The van der Waals surface area contributed by atoms with Gasteiger partial charge in [-0.15, -0.1) is 0 Å². The lowest BCUT2D eigenvalue weighted by Gasteiger charge is -2.38. The normalized spacial score (nSPS) is 24.4. The van der Waals surface area contributed by atoms with E-state index in [1.165, 1.54) is 36.1 Å². The third-order valence-corrected chi connectivity index (χ3v) is 5.01. The van der Waals surface area contributed by atoms with E-state index in [4.69, 9.17) is 4.74 Å². The lowest BCUT2D eigenvalue weighted by Crippen LogP contribution is -2.34. The van der Waals surface area contributed by atoms with Crippen LogP contribution in [0.5, 0.6) is 5.75 Å². The highest BCUT2D eigenvalue weighted by atomic mass is 16.5. The summed E-state index contributed by atoms with van der Waals surface area (Å²) < 4.78 is 5.69. The Bertz CT molecular complexity index is 637. The van der Waals surface area contributed by atoms with E-state index in [9.17, 15) is 0 Å². The van der Waals surface area contributed by atoms with E-state index >= 15 is 0 Å². The summed E-state index contributed by atoms with van der Waals surface area (Å²) in [4.78, 5) is 2.65. The van der Waals surface area contributed by atoms with Crippen LogP contribution in [0.1, 0.15) is 41.5 Å². The lowest BCUT2D eigenvalue weighted by atomic mass is 9.81. The summed E-state index contributed by atoms with van der Waals surface area (Å²) >= 11 is 0. The molecule has 1 fully saturated rings. The largest absolute Gasteiger partial charge is 0.496 e. The van der Waals surface area contributed by atoms with Gasteiger partial charge in [0, 0.05) is 24.1 Å². The second kappa shape index (κ2) is 5.19. The number of methoxy groups -OCH3 is 1. The molecule has 1 saturated heterocycles. The van der Waals surface area contributed by atoms with Gasteiger partial charge >= 0.3 is 0 Å². The van der Waals surface area contributed by atoms with Crippen molar-refractivity contribution in [2.75, 3.05) is 20.2 Å². The van der Waals surface area contributed by atoms with E-state index in [1.807, 2.05) is 0 Å². The molecule has 2 nitrogen and oxygen atoms in total. The Kier molecular flexibility index (Phi) is 3.19. The van der Waals surface area contributed by atoms with E-state index in [0.29, 0.717) is 12.0 Å². The zero-order valence-electron chi connectivity index (χ0n) is 12.5. The zero-order chi connectivity index (χ0) is 14.2. The minimum atomic E-state index is 0.423. The molecule has 2 aliphatic rings. The third-order valence-electron chi connectivity index (χ3n) is 5.01. The molecule has 2 atom stereocenters. The first-order valence-electron chi connectivity index (χ1n) is 7.84. The maximum atomic E-state index is 5.69. The number of nitrogens with zero attached hydrogens (tertiary/aromatic N) is 1. The van der Waals surface area contributed by atoms with Gasteiger partial charge in [0.1, 0.15) is 5.75 Å². The fourth-order valence-electron chi connectivity index (χ4n) is 4.08. The zero-order valence-corrected chi connectivity index (χ0v) is 12.5. The van der Waals surface area contributed by atoms with Gasteiger partial charge in [-0.1, -0.05) is 42.5 Å². The Morgan fingerprint density at radius 3 is 2.71 bits per heavy atom. The fraction of sp³-hybridized carbons (Fsp3) is 0.368. The van der Waals surface area contributed by atoms with Crippen LogP contribution < -0.4 is 4.74 Å². The van der Waals surface area contributed by atoms with Gasteiger partial charge in [-0.05, 0) is 36.6 Å². The Hall–Kier alpha value is -1.80. The first-order chi connectivity index (χ1) is 10.4. The molecule has 0 N–H and O–H groups in total. The minimum Gasteiger partial charge on any atom is -0.496 e. The van der Waals surface area contributed by atoms with Crippen molar-refractivity contribution >= 4 is 0 Å². The molecule has 0 bridgehead atoms. The smallest absolute Gasteiger partial charge is 0.123 e. The molecule has 0 spiro atoms. The van der Waals surface area contributed by atoms with Gasteiger partial charge in [-0.25, -0.2) is 0 Å². The van der Waals surface area contributed by atoms with E-state index < -0.39 is 0 Å². The maximum absolute atomic E-state index is 5.69. The summed E-state index contributed by atoms with van der Waals surface area (Å²) in [7, 11) is 1.79. The number of hydrogen-bond donors (Lipinski definition) is 0. The predicted molar refractivity (Wildman–Crippen MR) is 84.8 cm³/mol. The van der Waals surface area contributed by atoms with Crippen LogP contribution in [0.4, 0.5) is 0 Å². The molecule has 2 heterocycles. The van der Waals surface area contributed by atoms with E-state index in [0.717, 1.165) is 12.3 Å². The Morgan fingerprint density at radius 1 is 1.05 bits per heavy atom. The predicted octanol–water partition coefficient (Wildman–Crippen LogP) is 3.98. The van der Waals surface area contributed by atoms with Gasteiger partial charge in [0.2, 0.25) is 0 Å². The SMILES string of the molecule is COc1cccc2c1[C@H](c1ccccc1)CN1CCC[C@@H]21. The number of rotatable bonds is 2. The first kappa shape index (κ1) is 12.9. The Morgan fingerprint density at radius 2 is 1.90 bits per heavy atom. The van der Waals surface area contributed by atoms with Crippen molar-refractivity contribution in [1.29, 1.82) is 0 Å². The van der Waals surface area contributed by atoms with Crippen LogP contribution in [0.25, 0.3) is 0 Å². The monoisotopic (exact) mass is 279 g/mol. The molecule has 0 unspecified atom stereocenters. The van der Waals surface area contributed by atoms with Crippen molar-refractivity contribution in [2.45, 2.75) is 24.8 Å². The third kappa shape index (κ3) is 2.06. The van der Waals surface area contributed by atoms with Crippen molar-refractivity contribution in [3.8, 4) is 5.75 Å². The van der Waals surface area contributed by atoms with Gasteiger partial charge in [-0.2, -0.15) is 0 Å². The number of fused-ring (bicyclic) bond motifs is 3. The van der Waals surface area contributed by atoms with Crippen molar-refractivity contribution in [3.63, 3.8) is 0 Å². The van der Waals surface area contributed by atoms with Crippen LogP contribution in [0.15, 0.2) is 48.5 Å². The molecule has 2 aromatic carbocycles. The molecule has 21 heavy (non-hydrogen) atoms. The molecular weight excluding hydrogens is 258 g/mol. The highest BCUT2D eigenvalue weighted by Gasteiger charge is 2.37. The van der Waals surface area contributed by atoms with Gasteiger partial charge in [0.25, 0.3) is 0 Å². The molecule has 2 aliphatic heterocycles. The van der Waals surface area contributed by atoms with Gasteiger partial charge in [0.15, 0.2) is 0 Å². The Balaban J connectivity index is 1.88. The van der Waals surface area contributed by atoms with E-state index in [1.54, 1.807) is 7.11 Å². The average molecular weight is 279 g/mol. The van der Waals surface area contributed by atoms with Crippen LogP contribution in [0.2, 0.25) is 0 Å². The molecule has 0 aliphatic carbocycles. The van der Waals surface area contributed by atoms with Crippen LogP contribution >= 0.6 is 0 Å². The van der Waals surface area contributed by atoms with Crippen LogP contribution in [0, 0.1) is 0 Å². The van der Waals surface area contributed by atoms with E-state index in [-0.39, 0.29) is 0 Å². The number of benzene rings is 2. The molecule has 2 aromatic rings. The standard InChI is InChI=1S/C19H21NO/c1-21-18-11-5-9-15-17-10-6-12-20(17)13-16(19(15)18)14-7-3-2-4-8-14/h2-5,7-9,11,16-17H,6,10,12-13H2,1H3/t16-,17-/m0/s1. The molecule has 0 amide bonds.